The molecule has 0 aliphatic heterocycles. The Hall–Kier alpha value is -3.22. The topological polar surface area (TPSA) is 99.3 Å². The van der Waals surface area contributed by atoms with Crippen molar-refractivity contribution < 1.29 is 4.92 Å². The van der Waals surface area contributed by atoms with E-state index in [0.717, 1.165) is 16.6 Å². The molecule has 1 heterocycles. The lowest BCUT2D eigenvalue weighted by atomic mass is 10.2. The summed E-state index contributed by atoms with van der Waals surface area (Å²) in [7, 11) is 0. The van der Waals surface area contributed by atoms with Crippen molar-refractivity contribution in [1.29, 1.82) is 0 Å². The van der Waals surface area contributed by atoms with Gasteiger partial charge in [0.1, 0.15) is 0 Å². The Bertz CT molecular complexity index is 836. The van der Waals surface area contributed by atoms with Gasteiger partial charge in [0.15, 0.2) is 0 Å². The first-order valence-corrected chi connectivity index (χ1v) is 6.17. The van der Waals surface area contributed by atoms with E-state index in [1.807, 2.05) is 24.3 Å². The van der Waals surface area contributed by atoms with Gasteiger partial charge in [0.05, 0.1) is 22.2 Å². The summed E-state index contributed by atoms with van der Waals surface area (Å²) in [5.74, 6) is 0.286. The number of nitro benzene ring substituents is 1. The lowest BCUT2D eigenvalue weighted by Crippen LogP contribution is -1.98. The van der Waals surface area contributed by atoms with E-state index in [-0.39, 0.29) is 11.6 Å². The van der Waals surface area contributed by atoms with Crippen LogP contribution in [0.2, 0.25) is 0 Å². The number of benzene rings is 2. The Morgan fingerprint density at radius 1 is 1.19 bits per heavy atom. The minimum Gasteiger partial charge on any atom is -0.368 e. The van der Waals surface area contributed by atoms with Gasteiger partial charge in [0, 0.05) is 12.1 Å². The fourth-order valence-electron chi connectivity index (χ4n) is 1.96. The summed E-state index contributed by atoms with van der Waals surface area (Å²) in [5.41, 5.74) is 8.16. The van der Waals surface area contributed by atoms with Gasteiger partial charge < -0.3 is 5.73 Å². The van der Waals surface area contributed by atoms with Gasteiger partial charge >= 0.3 is 0 Å². The maximum Gasteiger partial charge on any atom is 0.269 e. The van der Waals surface area contributed by atoms with Gasteiger partial charge in [-0.1, -0.05) is 12.1 Å². The summed E-state index contributed by atoms with van der Waals surface area (Å²) in [6.07, 6.45) is 1.58. The summed E-state index contributed by atoms with van der Waals surface area (Å²) in [6.45, 7) is 0. The second kappa shape index (κ2) is 5.04. The number of hydrogen-bond donors (Lipinski definition) is 1. The predicted molar refractivity (Wildman–Crippen MR) is 80.2 cm³/mol. The van der Waals surface area contributed by atoms with Crippen molar-refractivity contribution in [3.8, 4) is 0 Å². The maximum atomic E-state index is 10.6. The Morgan fingerprint density at radius 2 is 1.90 bits per heavy atom. The third kappa shape index (κ3) is 2.44. The number of aromatic nitrogens is 2. The van der Waals surface area contributed by atoms with Crippen LogP contribution in [0.5, 0.6) is 0 Å². The van der Waals surface area contributed by atoms with E-state index in [4.69, 9.17) is 5.73 Å². The van der Waals surface area contributed by atoms with Crippen molar-refractivity contribution in [3.05, 3.63) is 64.2 Å². The third-order valence-corrected chi connectivity index (χ3v) is 2.99. The van der Waals surface area contributed by atoms with Crippen molar-refractivity contribution in [2.24, 2.45) is 5.10 Å². The average Bonchev–Trinajstić information content (AvgIpc) is 2.81. The smallest absolute Gasteiger partial charge is 0.269 e. The molecule has 7 heteroatoms. The highest BCUT2D eigenvalue weighted by molar-refractivity contribution is 5.82. The molecule has 0 unspecified atom stereocenters. The molecule has 3 aromatic rings. The lowest BCUT2D eigenvalue weighted by molar-refractivity contribution is -0.384. The van der Waals surface area contributed by atoms with E-state index in [1.54, 1.807) is 18.3 Å². The number of imidazole rings is 1. The average molecular weight is 281 g/mol. The molecule has 0 atom stereocenters. The van der Waals surface area contributed by atoms with Gasteiger partial charge in [-0.25, -0.2) is 4.98 Å². The van der Waals surface area contributed by atoms with E-state index in [0.29, 0.717) is 0 Å². The number of para-hydroxylation sites is 2. The first kappa shape index (κ1) is 12.8. The molecule has 2 aromatic carbocycles. The standard InChI is InChI=1S/C14H11N5O2/c15-14-17-12-3-1-2-4-13(12)18(14)16-9-10-5-7-11(8-6-10)19(20)21/h1-9H,(H2,15,17)/b16-9+. The van der Waals surface area contributed by atoms with Crippen molar-refractivity contribution in [2.45, 2.75) is 0 Å². The SMILES string of the molecule is Nc1nc2ccccc2n1/N=C/c1ccc([N+](=O)[O-])cc1. The fraction of sp³-hybridized carbons (Fsp3) is 0. The first-order valence-electron chi connectivity index (χ1n) is 6.17. The number of non-ortho nitro benzene ring substituents is 1. The molecule has 1 aromatic heterocycles. The third-order valence-electron chi connectivity index (χ3n) is 2.99. The highest BCUT2D eigenvalue weighted by atomic mass is 16.6. The number of fused-ring (bicyclic) bond motifs is 1. The van der Waals surface area contributed by atoms with Crippen molar-refractivity contribution in [2.75, 3.05) is 5.73 Å². The Morgan fingerprint density at radius 3 is 2.62 bits per heavy atom. The van der Waals surface area contributed by atoms with E-state index in [1.165, 1.54) is 16.8 Å². The highest BCUT2D eigenvalue weighted by Gasteiger charge is 2.06. The molecule has 0 fully saturated rings. The zero-order valence-electron chi connectivity index (χ0n) is 10.9. The van der Waals surface area contributed by atoms with Gasteiger partial charge in [-0.3, -0.25) is 10.1 Å². The molecule has 0 amide bonds. The minimum atomic E-state index is -0.442. The molecular formula is C14H11N5O2. The summed E-state index contributed by atoms with van der Waals surface area (Å²) in [4.78, 5) is 14.3. The molecule has 0 saturated heterocycles. The van der Waals surface area contributed by atoms with Gasteiger partial charge in [0.25, 0.3) is 5.69 Å². The Kier molecular flexibility index (Phi) is 3.07. The van der Waals surface area contributed by atoms with Crippen LogP contribution in [-0.4, -0.2) is 20.8 Å². The van der Waals surface area contributed by atoms with Crippen LogP contribution in [0, 0.1) is 10.1 Å². The quantitative estimate of drug-likeness (QED) is 0.452. The molecule has 104 valence electrons. The number of nitrogens with zero attached hydrogens (tertiary/aromatic N) is 4. The molecular weight excluding hydrogens is 270 g/mol. The normalized spacial score (nSPS) is 11.2. The molecule has 3 rings (SSSR count). The largest absolute Gasteiger partial charge is 0.368 e. The lowest BCUT2D eigenvalue weighted by Gasteiger charge is -1.98. The fourth-order valence-corrected chi connectivity index (χ4v) is 1.96. The van der Waals surface area contributed by atoms with Gasteiger partial charge in [-0.2, -0.15) is 9.78 Å². The van der Waals surface area contributed by atoms with Crippen LogP contribution < -0.4 is 5.73 Å². The van der Waals surface area contributed by atoms with E-state index < -0.39 is 4.92 Å². The maximum absolute atomic E-state index is 10.6. The second-order valence-corrected chi connectivity index (χ2v) is 4.36. The summed E-state index contributed by atoms with van der Waals surface area (Å²) in [6, 6.07) is 13.6. The highest BCUT2D eigenvalue weighted by Crippen LogP contribution is 2.17. The van der Waals surface area contributed by atoms with Crippen LogP contribution in [0.4, 0.5) is 11.6 Å². The van der Waals surface area contributed by atoms with Crippen LogP contribution in [0.3, 0.4) is 0 Å². The molecule has 0 spiro atoms. The molecule has 0 aliphatic carbocycles. The number of nitro groups is 1. The number of hydrogen-bond acceptors (Lipinski definition) is 5. The van der Waals surface area contributed by atoms with E-state index >= 15 is 0 Å². The molecule has 7 nitrogen and oxygen atoms in total. The molecule has 0 saturated carbocycles. The number of anilines is 1. The summed E-state index contributed by atoms with van der Waals surface area (Å²) >= 11 is 0. The van der Waals surface area contributed by atoms with Gasteiger partial charge in [0.2, 0.25) is 5.95 Å². The van der Waals surface area contributed by atoms with Crippen LogP contribution in [0.25, 0.3) is 11.0 Å². The zero-order valence-corrected chi connectivity index (χ0v) is 10.9. The predicted octanol–water partition coefficient (Wildman–Crippen LogP) is 2.41. The van der Waals surface area contributed by atoms with Crippen LogP contribution >= 0.6 is 0 Å². The number of nitrogens with two attached hydrogens (primary N) is 1. The Balaban J connectivity index is 1.94. The molecule has 21 heavy (non-hydrogen) atoms. The molecule has 0 bridgehead atoms. The van der Waals surface area contributed by atoms with Crippen molar-refractivity contribution in [1.82, 2.24) is 9.66 Å². The monoisotopic (exact) mass is 281 g/mol. The number of nitrogen functional groups attached to an aromatic ring is 1. The molecule has 0 radical (unpaired) electrons. The first-order chi connectivity index (χ1) is 10.1. The van der Waals surface area contributed by atoms with Crippen molar-refractivity contribution in [3.63, 3.8) is 0 Å². The molecule has 2 N–H and O–H groups in total. The van der Waals surface area contributed by atoms with E-state index in [2.05, 4.69) is 10.1 Å². The number of rotatable bonds is 3. The van der Waals surface area contributed by atoms with Crippen molar-refractivity contribution >= 4 is 28.9 Å². The molecule has 0 aliphatic rings. The van der Waals surface area contributed by atoms with E-state index in [9.17, 15) is 10.1 Å². The second-order valence-electron chi connectivity index (χ2n) is 4.36. The van der Waals surface area contributed by atoms with Gasteiger partial charge in [-0.15, -0.1) is 0 Å². The van der Waals surface area contributed by atoms with Crippen LogP contribution in [0.1, 0.15) is 5.56 Å². The van der Waals surface area contributed by atoms with Crippen LogP contribution in [0.15, 0.2) is 53.6 Å². The minimum absolute atomic E-state index is 0.0414. The Labute approximate surface area is 119 Å². The van der Waals surface area contributed by atoms with Crippen LogP contribution in [-0.2, 0) is 0 Å². The summed E-state index contributed by atoms with van der Waals surface area (Å²) in [5, 5.41) is 14.9. The van der Waals surface area contributed by atoms with Gasteiger partial charge in [-0.05, 0) is 29.8 Å². The summed E-state index contributed by atoms with van der Waals surface area (Å²) < 4.78 is 1.52. The zero-order chi connectivity index (χ0) is 14.8.